The molecule has 0 bridgehead atoms. The van der Waals surface area contributed by atoms with E-state index in [1.165, 1.54) is 49.1 Å². The van der Waals surface area contributed by atoms with Crippen LogP contribution in [0, 0.1) is 17.1 Å². The minimum absolute atomic E-state index is 0.108. The number of nitrogens with zero attached hydrogens (tertiary/aromatic N) is 5. The van der Waals surface area contributed by atoms with Crippen molar-refractivity contribution in [2.45, 2.75) is 24.4 Å². The summed E-state index contributed by atoms with van der Waals surface area (Å²) in [5.74, 6) is -0.412. The van der Waals surface area contributed by atoms with Crippen LogP contribution in [0.5, 0.6) is 0 Å². The second-order valence-electron chi connectivity index (χ2n) is 10.6. The summed E-state index contributed by atoms with van der Waals surface area (Å²) in [4.78, 5) is 26.0. The highest BCUT2D eigenvalue weighted by Crippen LogP contribution is 2.34. The summed E-state index contributed by atoms with van der Waals surface area (Å²) < 4.78 is 41.5. The third kappa shape index (κ3) is 6.22. The first-order chi connectivity index (χ1) is 22.7. The summed E-state index contributed by atoms with van der Waals surface area (Å²) >= 11 is 0. The fraction of sp³-hybridized carbons (Fsp3) is 0.0882. The Morgan fingerprint density at radius 3 is 2.45 bits per heavy atom. The number of hydrogen-bond acceptors (Lipinski definition) is 9. The molecule has 47 heavy (non-hydrogen) atoms. The number of carbonyl (C=O) groups is 1. The number of pyridine rings is 1. The molecule has 11 nitrogen and oxygen atoms in total. The number of carbonyl (C=O) groups excluding carboxylic acids is 1. The zero-order chi connectivity index (χ0) is 33.1. The molecule has 13 heteroatoms. The second-order valence-corrected chi connectivity index (χ2v) is 12.5. The van der Waals surface area contributed by atoms with Crippen LogP contribution in [0.4, 0.5) is 16.0 Å². The third-order valence-electron chi connectivity index (χ3n) is 7.58. The largest absolute Gasteiger partial charge is 0.383 e. The van der Waals surface area contributed by atoms with Crippen LogP contribution < -0.4 is 16.4 Å². The highest BCUT2D eigenvalue weighted by atomic mass is 32.2. The number of amides is 1. The monoisotopic (exact) mass is 646 g/mol. The molecule has 3 aromatic heterocycles. The number of hydrogen-bond donors (Lipinski definition) is 3. The Balaban J connectivity index is 1.25. The summed E-state index contributed by atoms with van der Waals surface area (Å²) in [6, 6.07) is 24.2. The van der Waals surface area contributed by atoms with E-state index in [4.69, 9.17) is 5.73 Å². The van der Waals surface area contributed by atoms with Gasteiger partial charge < -0.3 is 16.4 Å². The van der Waals surface area contributed by atoms with Crippen LogP contribution in [0.3, 0.4) is 0 Å². The molecule has 0 saturated heterocycles. The molecule has 6 aromatic rings. The van der Waals surface area contributed by atoms with Gasteiger partial charge in [-0.2, -0.15) is 5.26 Å². The molecular formula is C34H27FN8O3S. The zero-order valence-corrected chi connectivity index (χ0v) is 25.7. The molecule has 6 rings (SSSR count). The molecule has 0 aliphatic carbocycles. The van der Waals surface area contributed by atoms with E-state index >= 15 is 0 Å². The van der Waals surface area contributed by atoms with E-state index in [1.807, 2.05) is 30.3 Å². The Morgan fingerprint density at radius 1 is 1.02 bits per heavy atom. The summed E-state index contributed by atoms with van der Waals surface area (Å²) in [7, 11) is -3.97. The topological polar surface area (TPSA) is 169 Å². The van der Waals surface area contributed by atoms with Gasteiger partial charge in [0.05, 0.1) is 27.5 Å². The minimum atomic E-state index is -3.97. The number of nitriles is 1. The number of aromatic nitrogens is 4. The van der Waals surface area contributed by atoms with Gasteiger partial charge in [0.25, 0.3) is 15.9 Å². The summed E-state index contributed by atoms with van der Waals surface area (Å²) in [5.41, 5.74) is 9.55. The average molecular weight is 647 g/mol. The molecule has 0 aliphatic heterocycles. The smallest absolute Gasteiger partial charge is 0.269 e. The van der Waals surface area contributed by atoms with Crippen molar-refractivity contribution in [1.82, 2.24) is 24.2 Å². The van der Waals surface area contributed by atoms with Gasteiger partial charge >= 0.3 is 0 Å². The van der Waals surface area contributed by atoms with Crippen LogP contribution in [-0.2, 0) is 16.6 Å². The van der Waals surface area contributed by atoms with Crippen LogP contribution in [0.15, 0.2) is 109 Å². The maximum Gasteiger partial charge on any atom is 0.269 e. The Morgan fingerprint density at radius 2 is 1.74 bits per heavy atom. The molecule has 1 amide bonds. The van der Waals surface area contributed by atoms with E-state index in [9.17, 15) is 22.9 Å². The third-order valence-corrected chi connectivity index (χ3v) is 9.25. The summed E-state index contributed by atoms with van der Waals surface area (Å²) in [6.07, 6.45) is 4.09. The van der Waals surface area contributed by atoms with Crippen molar-refractivity contribution in [1.29, 1.82) is 5.26 Å². The molecule has 234 valence electrons. The molecule has 1 atom stereocenters. The number of nitrogens with two attached hydrogens (primary N) is 1. The molecule has 0 unspecified atom stereocenters. The number of fused-ring (bicyclic) bond motifs is 1. The van der Waals surface area contributed by atoms with Crippen LogP contribution in [0.1, 0.15) is 40.0 Å². The molecule has 3 heterocycles. The lowest BCUT2D eigenvalue weighted by Gasteiger charge is -2.16. The van der Waals surface area contributed by atoms with E-state index in [-0.39, 0.29) is 45.7 Å². The molecule has 0 saturated carbocycles. The average Bonchev–Trinajstić information content (AvgIpc) is 3.50. The number of nitrogen functional groups attached to an aromatic ring is 1. The fourth-order valence-corrected chi connectivity index (χ4v) is 6.44. The molecule has 4 N–H and O–H groups in total. The van der Waals surface area contributed by atoms with Crippen molar-refractivity contribution < 1.29 is 17.6 Å². The SMILES string of the molecule is C[C@H](NC(=O)c1cc(C#N)cnc1NCc1ccc(-c2cn(S(=O)(=O)c3ccccc3)c3ncnc(N)c23)cc1)c1ccc(F)cc1. The standard InChI is InChI=1S/C34H27FN8O3S/c1-21(24-11-13-26(35)14-12-24)42-34(44)28-15-23(16-36)18-39-32(28)38-17-22-7-9-25(10-8-22)29-19-43(33-30(29)31(37)40-20-41-33)47(45,46)27-5-3-2-4-6-27/h2-15,18-21H,17H2,1H3,(H,38,39)(H,42,44)(H2,37,40,41)/t21-/m0/s1. The predicted octanol–water partition coefficient (Wildman–Crippen LogP) is 5.43. The molecule has 0 fully saturated rings. The Bertz CT molecular complexity index is 2250. The molecular weight excluding hydrogens is 619 g/mol. The van der Waals surface area contributed by atoms with E-state index in [0.717, 1.165) is 9.54 Å². The molecule has 0 aliphatic rings. The van der Waals surface area contributed by atoms with Gasteiger partial charge in [0, 0.05) is 24.5 Å². The van der Waals surface area contributed by atoms with Crippen LogP contribution in [0.2, 0.25) is 0 Å². The van der Waals surface area contributed by atoms with Crippen molar-refractivity contribution in [3.63, 3.8) is 0 Å². The normalized spacial score (nSPS) is 11.9. The lowest BCUT2D eigenvalue weighted by molar-refractivity contribution is 0.0940. The van der Waals surface area contributed by atoms with Crippen molar-refractivity contribution in [2.24, 2.45) is 0 Å². The van der Waals surface area contributed by atoms with Gasteiger partial charge in [-0.3, -0.25) is 4.79 Å². The number of rotatable bonds is 9. The van der Waals surface area contributed by atoms with Gasteiger partial charge in [0.15, 0.2) is 5.65 Å². The van der Waals surface area contributed by atoms with Gasteiger partial charge in [-0.05, 0) is 53.9 Å². The van der Waals surface area contributed by atoms with Gasteiger partial charge in [-0.15, -0.1) is 0 Å². The Hall–Kier alpha value is -6.13. The molecule has 3 aromatic carbocycles. The van der Waals surface area contributed by atoms with Crippen LogP contribution in [0.25, 0.3) is 22.2 Å². The quantitative estimate of drug-likeness (QED) is 0.186. The Labute approximate surface area is 269 Å². The number of nitrogens with one attached hydrogen (secondary N) is 2. The first-order valence-electron chi connectivity index (χ1n) is 14.4. The van der Waals surface area contributed by atoms with E-state index < -0.39 is 22.0 Å². The number of benzene rings is 3. The second kappa shape index (κ2) is 12.7. The van der Waals surface area contributed by atoms with Gasteiger partial charge in [0.1, 0.15) is 29.8 Å². The number of halogens is 1. The van der Waals surface area contributed by atoms with Crippen LogP contribution >= 0.6 is 0 Å². The lowest BCUT2D eigenvalue weighted by atomic mass is 10.0. The predicted molar refractivity (Wildman–Crippen MR) is 175 cm³/mol. The van der Waals surface area contributed by atoms with E-state index in [0.29, 0.717) is 22.1 Å². The van der Waals surface area contributed by atoms with E-state index in [1.54, 1.807) is 37.3 Å². The highest BCUT2D eigenvalue weighted by molar-refractivity contribution is 7.90. The first-order valence-corrected chi connectivity index (χ1v) is 15.8. The van der Waals surface area contributed by atoms with Crippen molar-refractivity contribution in [2.75, 3.05) is 11.1 Å². The maximum absolute atomic E-state index is 13.5. The minimum Gasteiger partial charge on any atom is -0.383 e. The lowest BCUT2D eigenvalue weighted by Crippen LogP contribution is -2.28. The van der Waals surface area contributed by atoms with Crippen LogP contribution in [-0.4, -0.2) is 33.2 Å². The van der Waals surface area contributed by atoms with Gasteiger partial charge in [-0.25, -0.2) is 31.7 Å². The maximum atomic E-state index is 13.5. The summed E-state index contributed by atoms with van der Waals surface area (Å²) in [6.45, 7) is 2.05. The highest BCUT2D eigenvalue weighted by Gasteiger charge is 2.24. The molecule has 0 radical (unpaired) electrons. The van der Waals surface area contributed by atoms with E-state index in [2.05, 4.69) is 25.6 Å². The van der Waals surface area contributed by atoms with Gasteiger partial charge in [-0.1, -0.05) is 54.6 Å². The van der Waals surface area contributed by atoms with Crippen molar-refractivity contribution in [3.05, 3.63) is 132 Å². The van der Waals surface area contributed by atoms with Gasteiger partial charge in [0.2, 0.25) is 0 Å². The van der Waals surface area contributed by atoms with Crippen molar-refractivity contribution >= 4 is 38.6 Å². The molecule has 0 spiro atoms. The summed E-state index contributed by atoms with van der Waals surface area (Å²) in [5, 5.41) is 15.9. The zero-order valence-electron chi connectivity index (χ0n) is 24.9. The Kier molecular flexibility index (Phi) is 8.34. The fourth-order valence-electron chi connectivity index (χ4n) is 5.10. The van der Waals surface area contributed by atoms with Crippen molar-refractivity contribution in [3.8, 4) is 17.2 Å². The number of anilines is 2. The first kappa shape index (κ1) is 30.9.